The zero-order valence-electron chi connectivity index (χ0n) is 14.1. The van der Waals surface area contributed by atoms with Crippen LogP contribution < -0.4 is 0 Å². The average Bonchev–Trinajstić information content (AvgIpc) is 3.15. The van der Waals surface area contributed by atoms with Crippen molar-refractivity contribution in [3.63, 3.8) is 0 Å². The smallest absolute Gasteiger partial charge is 0.0468 e. The Hall–Kier alpha value is -1.56. The Morgan fingerprint density at radius 1 is 0.840 bits per heavy atom. The highest BCUT2D eigenvalue weighted by molar-refractivity contribution is 9.10. The van der Waals surface area contributed by atoms with E-state index in [9.17, 15) is 0 Å². The number of H-pyrrole nitrogens is 2. The number of hydrogen-bond acceptors (Lipinski definition) is 1. The second-order valence-electron chi connectivity index (χ2n) is 6.68. The van der Waals surface area contributed by atoms with Gasteiger partial charge in [0.1, 0.15) is 0 Å². The zero-order valence-corrected chi connectivity index (χ0v) is 17.3. The molecule has 2 aromatic carbocycles. The first-order chi connectivity index (χ1) is 12.0. The van der Waals surface area contributed by atoms with Crippen molar-refractivity contribution < 1.29 is 0 Å². The summed E-state index contributed by atoms with van der Waals surface area (Å²) < 4.78 is 2.18. The molecule has 128 valence electrons. The Morgan fingerprint density at radius 2 is 1.32 bits per heavy atom. The van der Waals surface area contributed by atoms with Crippen LogP contribution >= 0.6 is 31.9 Å². The monoisotopic (exact) mass is 459 g/mol. The SMILES string of the molecule is CN(C)CC(c1c[nH]c2cc(Br)ccc12)c1c[nH]c2cc(Br)ccc12. The molecule has 0 saturated carbocycles. The van der Waals surface area contributed by atoms with Crippen molar-refractivity contribution >= 4 is 53.7 Å². The van der Waals surface area contributed by atoms with Crippen molar-refractivity contribution in [2.24, 2.45) is 0 Å². The molecule has 4 rings (SSSR count). The van der Waals surface area contributed by atoms with Gasteiger partial charge in [0.15, 0.2) is 0 Å². The van der Waals surface area contributed by atoms with Gasteiger partial charge in [-0.3, -0.25) is 0 Å². The molecule has 0 aliphatic carbocycles. The van der Waals surface area contributed by atoms with Gasteiger partial charge in [0, 0.05) is 55.6 Å². The minimum absolute atomic E-state index is 0.292. The van der Waals surface area contributed by atoms with E-state index in [0.717, 1.165) is 26.5 Å². The van der Waals surface area contributed by atoms with E-state index < -0.39 is 0 Å². The third kappa shape index (κ3) is 3.16. The van der Waals surface area contributed by atoms with Crippen LogP contribution in [0.5, 0.6) is 0 Å². The molecule has 2 heterocycles. The molecule has 0 amide bonds. The van der Waals surface area contributed by atoms with Gasteiger partial charge in [0.25, 0.3) is 0 Å². The van der Waals surface area contributed by atoms with Gasteiger partial charge in [-0.1, -0.05) is 44.0 Å². The van der Waals surface area contributed by atoms with Crippen molar-refractivity contribution in [2.45, 2.75) is 5.92 Å². The van der Waals surface area contributed by atoms with Crippen LogP contribution in [0.25, 0.3) is 21.8 Å². The van der Waals surface area contributed by atoms with Crippen LogP contribution in [0.3, 0.4) is 0 Å². The Labute approximate surface area is 163 Å². The van der Waals surface area contributed by atoms with Crippen LogP contribution in [-0.2, 0) is 0 Å². The van der Waals surface area contributed by atoms with Crippen molar-refractivity contribution in [2.75, 3.05) is 20.6 Å². The van der Waals surface area contributed by atoms with Gasteiger partial charge in [-0.2, -0.15) is 0 Å². The van der Waals surface area contributed by atoms with E-state index in [4.69, 9.17) is 0 Å². The number of likely N-dealkylation sites (N-methyl/N-ethyl adjacent to an activating group) is 1. The maximum Gasteiger partial charge on any atom is 0.0468 e. The second-order valence-corrected chi connectivity index (χ2v) is 8.51. The van der Waals surface area contributed by atoms with Gasteiger partial charge >= 0.3 is 0 Å². The molecule has 0 spiro atoms. The lowest BCUT2D eigenvalue weighted by Crippen LogP contribution is -2.21. The normalized spacial score (nSPS) is 12.1. The van der Waals surface area contributed by atoms with Crippen molar-refractivity contribution in [3.05, 3.63) is 68.9 Å². The Bertz CT molecular complexity index is 966. The van der Waals surface area contributed by atoms with E-state index in [1.807, 2.05) is 0 Å². The first-order valence-electron chi connectivity index (χ1n) is 8.20. The number of nitrogens with one attached hydrogen (secondary N) is 2. The highest BCUT2D eigenvalue weighted by Crippen LogP contribution is 2.36. The molecule has 5 heteroatoms. The summed E-state index contributed by atoms with van der Waals surface area (Å²) in [7, 11) is 4.26. The first-order valence-corrected chi connectivity index (χ1v) is 9.79. The van der Waals surface area contributed by atoms with E-state index >= 15 is 0 Å². The van der Waals surface area contributed by atoms with Gasteiger partial charge in [-0.05, 0) is 49.5 Å². The number of hydrogen-bond donors (Lipinski definition) is 2. The number of rotatable bonds is 4. The number of halogens is 2. The summed E-state index contributed by atoms with van der Waals surface area (Å²) in [4.78, 5) is 9.12. The van der Waals surface area contributed by atoms with Crippen LogP contribution in [0.4, 0.5) is 0 Å². The van der Waals surface area contributed by atoms with Crippen molar-refractivity contribution in [1.29, 1.82) is 0 Å². The number of aromatic amines is 2. The highest BCUT2D eigenvalue weighted by atomic mass is 79.9. The molecule has 0 aliphatic rings. The lowest BCUT2D eigenvalue weighted by atomic mass is 9.90. The molecule has 0 aliphatic heterocycles. The van der Waals surface area contributed by atoms with Crippen LogP contribution in [0.2, 0.25) is 0 Å². The summed E-state index contributed by atoms with van der Waals surface area (Å²) >= 11 is 7.12. The van der Waals surface area contributed by atoms with E-state index in [0.29, 0.717) is 5.92 Å². The molecular formula is C20H19Br2N3. The summed E-state index contributed by atoms with van der Waals surface area (Å²) in [5.41, 5.74) is 4.99. The third-order valence-corrected chi connectivity index (χ3v) is 5.64. The average molecular weight is 461 g/mol. The summed E-state index contributed by atoms with van der Waals surface area (Å²) in [6.45, 7) is 0.950. The fourth-order valence-corrected chi connectivity index (χ4v) is 4.27. The maximum atomic E-state index is 3.56. The standard InChI is InChI=1S/C20H19Br2N3/c1-25(2)11-18(16-9-23-19-7-12(21)3-5-14(16)19)17-10-24-20-8-13(22)4-6-15(17)20/h3-10,18,23-24H,11H2,1-2H3. The zero-order chi connectivity index (χ0) is 17.6. The number of fused-ring (bicyclic) bond motifs is 2. The summed E-state index contributed by atoms with van der Waals surface area (Å²) in [5.74, 6) is 0.292. The van der Waals surface area contributed by atoms with E-state index in [2.05, 4.69) is 110 Å². The number of nitrogens with zero attached hydrogens (tertiary/aromatic N) is 1. The largest absolute Gasteiger partial charge is 0.361 e. The molecule has 3 nitrogen and oxygen atoms in total. The molecule has 2 aromatic heterocycles. The molecule has 0 unspecified atom stereocenters. The van der Waals surface area contributed by atoms with Gasteiger partial charge in [0.05, 0.1) is 0 Å². The molecule has 0 atom stereocenters. The van der Waals surface area contributed by atoms with Gasteiger partial charge in [-0.15, -0.1) is 0 Å². The molecule has 2 N–H and O–H groups in total. The van der Waals surface area contributed by atoms with Gasteiger partial charge in [-0.25, -0.2) is 0 Å². The predicted molar refractivity (Wildman–Crippen MR) is 112 cm³/mol. The van der Waals surface area contributed by atoms with Crippen LogP contribution in [0.15, 0.2) is 57.7 Å². The number of benzene rings is 2. The molecular weight excluding hydrogens is 442 g/mol. The fraction of sp³-hybridized carbons (Fsp3) is 0.200. The lowest BCUT2D eigenvalue weighted by Gasteiger charge is -2.21. The summed E-state index contributed by atoms with van der Waals surface area (Å²) in [5, 5.41) is 2.56. The van der Waals surface area contributed by atoms with E-state index in [1.165, 1.54) is 21.9 Å². The molecule has 0 radical (unpaired) electrons. The van der Waals surface area contributed by atoms with Crippen molar-refractivity contribution in [3.8, 4) is 0 Å². The summed E-state index contributed by atoms with van der Waals surface area (Å²) in [6, 6.07) is 12.9. The topological polar surface area (TPSA) is 34.8 Å². The molecule has 0 saturated heterocycles. The Kier molecular flexibility index (Phi) is 4.48. The summed E-state index contributed by atoms with van der Waals surface area (Å²) in [6.07, 6.45) is 4.31. The molecule has 4 aromatic rings. The first kappa shape index (κ1) is 16.9. The minimum Gasteiger partial charge on any atom is -0.361 e. The van der Waals surface area contributed by atoms with Gasteiger partial charge in [0.2, 0.25) is 0 Å². The Balaban J connectivity index is 1.90. The molecule has 25 heavy (non-hydrogen) atoms. The second kappa shape index (κ2) is 6.63. The van der Waals surface area contributed by atoms with Crippen LogP contribution in [0.1, 0.15) is 17.0 Å². The van der Waals surface area contributed by atoms with Crippen LogP contribution in [0, 0.1) is 0 Å². The van der Waals surface area contributed by atoms with Crippen molar-refractivity contribution in [1.82, 2.24) is 14.9 Å². The number of aromatic nitrogens is 2. The third-order valence-electron chi connectivity index (χ3n) is 4.65. The Morgan fingerprint density at radius 3 is 1.76 bits per heavy atom. The van der Waals surface area contributed by atoms with E-state index in [-0.39, 0.29) is 0 Å². The predicted octanol–water partition coefficient (Wildman–Crippen LogP) is 5.87. The van der Waals surface area contributed by atoms with Crippen LogP contribution in [-0.4, -0.2) is 35.5 Å². The van der Waals surface area contributed by atoms with E-state index in [1.54, 1.807) is 0 Å². The lowest BCUT2D eigenvalue weighted by molar-refractivity contribution is 0.393. The van der Waals surface area contributed by atoms with Gasteiger partial charge < -0.3 is 14.9 Å². The molecule has 0 fully saturated rings. The fourth-order valence-electron chi connectivity index (χ4n) is 3.55. The quantitative estimate of drug-likeness (QED) is 0.392. The molecule has 0 bridgehead atoms. The highest BCUT2D eigenvalue weighted by Gasteiger charge is 2.22. The minimum atomic E-state index is 0.292. The maximum absolute atomic E-state index is 3.56.